The minimum absolute atomic E-state index is 0.00298. The Bertz CT molecular complexity index is 932. The Morgan fingerprint density at radius 3 is 2.64 bits per heavy atom. The Labute approximate surface area is 195 Å². The van der Waals surface area contributed by atoms with Crippen LogP contribution in [0.4, 0.5) is 0 Å². The number of benzene rings is 1. The molecule has 1 unspecified atom stereocenters. The van der Waals surface area contributed by atoms with E-state index in [1.807, 2.05) is 31.2 Å². The molecule has 1 aliphatic heterocycles. The van der Waals surface area contributed by atoms with Gasteiger partial charge in [0.15, 0.2) is 6.61 Å². The van der Waals surface area contributed by atoms with Crippen molar-refractivity contribution in [1.29, 1.82) is 5.26 Å². The number of carbonyl (C=O) groups is 3. The summed E-state index contributed by atoms with van der Waals surface area (Å²) in [7, 11) is 0. The summed E-state index contributed by atoms with van der Waals surface area (Å²) in [4.78, 5) is 40.1. The number of nitrogens with zero attached hydrogens (tertiary/aromatic N) is 2. The van der Waals surface area contributed by atoms with E-state index in [0.717, 1.165) is 44.1 Å². The van der Waals surface area contributed by atoms with E-state index in [9.17, 15) is 19.6 Å². The first kappa shape index (κ1) is 23.3. The summed E-state index contributed by atoms with van der Waals surface area (Å²) in [6.07, 6.45) is 7.34. The maximum absolute atomic E-state index is 13.2. The van der Waals surface area contributed by atoms with Gasteiger partial charge in [-0.15, -0.1) is 0 Å². The molecule has 2 amide bonds. The monoisotopic (exact) mass is 451 g/mol. The van der Waals surface area contributed by atoms with Crippen LogP contribution in [0, 0.1) is 29.6 Å². The maximum Gasteiger partial charge on any atom is 0.261 e. The molecule has 4 rings (SSSR count). The molecule has 176 valence electrons. The molecule has 1 aromatic rings. The molecule has 1 saturated heterocycles. The van der Waals surface area contributed by atoms with Crippen molar-refractivity contribution in [3.8, 4) is 11.8 Å². The van der Waals surface area contributed by atoms with Crippen molar-refractivity contribution in [2.45, 2.75) is 76.8 Å². The fourth-order valence-corrected chi connectivity index (χ4v) is 5.45. The van der Waals surface area contributed by atoms with Gasteiger partial charge < -0.3 is 15.0 Å². The highest BCUT2D eigenvalue weighted by Crippen LogP contribution is 2.50. The number of ether oxygens (including phenoxy) is 1. The van der Waals surface area contributed by atoms with Crippen molar-refractivity contribution < 1.29 is 19.1 Å². The predicted octanol–water partition coefficient (Wildman–Crippen LogP) is 3.30. The summed E-state index contributed by atoms with van der Waals surface area (Å²) in [5.41, 5.74) is 1.11. The summed E-state index contributed by atoms with van der Waals surface area (Å²) in [6, 6.07) is 8.34. The molecule has 1 heterocycles. The van der Waals surface area contributed by atoms with Crippen LogP contribution in [-0.4, -0.2) is 47.7 Å². The molecule has 3 fully saturated rings. The Balaban J connectivity index is 1.39. The number of ketones is 1. The Morgan fingerprint density at radius 2 is 2.00 bits per heavy atom. The number of aryl methyl sites for hydroxylation is 1. The fraction of sp³-hybridized carbons (Fsp3) is 0.615. The standard InChI is InChI=1S/C26H33N3O4/c1-18-7-9-21(10-8-18)33-16-24(31)29-17-26(11-4-12-26)14-22(29)25(32)28-20(15-27)13-19-5-2-3-6-23(19)30/h7-10,19-20,22H,2-6,11-14,16-17H2,1H3,(H,28,32)/t19-,20-,22?/m0/s1. The number of amides is 2. The zero-order chi connectivity index (χ0) is 23.4. The molecular formula is C26H33N3O4. The van der Waals surface area contributed by atoms with E-state index in [-0.39, 0.29) is 35.5 Å². The largest absolute Gasteiger partial charge is 0.484 e. The van der Waals surface area contributed by atoms with Crippen molar-refractivity contribution in [2.24, 2.45) is 11.3 Å². The van der Waals surface area contributed by atoms with Gasteiger partial charge in [-0.1, -0.05) is 30.5 Å². The van der Waals surface area contributed by atoms with Crippen molar-refractivity contribution in [3.63, 3.8) is 0 Å². The summed E-state index contributed by atoms with van der Waals surface area (Å²) < 4.78 is 5.68. The van der Waals surface area contributed by atoms with Crippen LogP contribution in [0.25, 0.3) is 0 Å². The second-order valence-electron chi connectivity index (χ2n) is 10.0. The van der Waals surface area contributed by atoms with E-state index in [0.29, 0.717) is 31.6 Å². The van der Waals surface area contributed by atoms with Gasteiger partial charge in [-0.3, -0.25) is 14.4 Å². The summed E-state index contributed by atoms with van der Waals surface area (Å²) in [6.45, 7) is 2.42. The van der Waals surface area contributed by atoms with E-state index in [1.165, 1.54) is 0 Å². The molecule has 3 aliphatic rings. The van der Waals surface area contributed by atoms with Gasteiger partial charge in [-0.05, 0) is 63.0 Å². The van der Waals surface area contributed by atoms with Crippen LogP contribution in [0.5, 0.6) is 5.75 Å². The maximum atomic E-state index is 13.2. The molecule has 2 saturated carbocycles. The van der Waals surface area contributed by atoms with Crippen LogP contribution >= 0.6 is 0 Å². The van der Waals surface area contributed by atoms with Gasteiger partial charge in [-0.25, -0.2) is 0 Å². The highest BCUT2D eigenvalue weighted by molar-refractivity contribution is 5.89. The van der Waals surface area contributed by atoms with Crippen LogP contribution in [0.1, 0.15) is 63.4 Å². The minimum atomic E-state index is -0.719. The highest BCUT2D eigenvalue weighted by Gasteiger charge is 2.51. The summed E-state index contributed by atoms with van der Waals surface area (Å²) >= 11 is 0. The average Bonchev–Trinajstić information content (AvgIpc) is 3.22. The van der Waals surface area contributed by atoms with Crippen molar-refractivity contribution >= 4 is 17.6 Å². The fourth-order valence-electron chi connectivity index (χ4n) is 5.45. The molecule has 0 bridgehead atoms. The second-order valence-corrected chi connectivity index (χ2v) is 10.0. The summed E-state index contributed by atoms with van der Waals surface area (Å²) in [5, 5.41) is 12.5. The van der Waals surface area contributed by atoms with E-state index in [1.54, 1.807) is 4.90 Å². The average molecular weight is 452 g/mol. The van der Waals surface area contributed by atoms with Gasteiger partial charge in [0, 0.05) is 18.9 Å². The zero-order valence-electron chi connectivity index (χ0n) is 19.3. The third-order valence-electron chi connectivity index (χ3n) is 7.60. The van der Waals surface area contributed by atoms with Crippen LogP contribution in [0.3, 0.4) is 0 Å². The number of rotatable bonds is 7. The normalized spacial score (nSPS) is 24.6. The minimum Gasteiger partial charge on any atom is -0.484 e. The van der Waals surface area contributed by atoms with Crippen molar-refractivity contribution in [1.82, 2.24) is 10.2 Å². The second kappa shape index (κ2) is 9.94. The first-order chi connectivity index (χ1) is 15.9. The molecule has 7 heteroatoms. The van der Waals surface area contributed by atoms with Gasteiger partial charge in [0.05, 0.1) is 6.07 Å². The number of Topliss-reactive ketones (excluding diaryl/α,β-unsaturated/α-hetero) is 1. The van der Waals surface area contributed by atoms with Gasteiger partial charge >= 0.3 is 0 Å². The van der Waals surface area contributed by atoms with Crippen LogP contribution in [0.15, 0.2) is 24.3 Å². The molecule has 1 N–H and O–H groups in total. The van der Waals surface area contributed by atoms with E-state index < -0.39 is 12.1 Å². The van der Waals surface area contributed by atoms with Gasteiger partial charge in [0.2, 0.25) is 5.91 Å². The van der Waals surface area contributed by atoms with Crippen molar-refractivity contribution in [2.75, 3.05) is 13.2 Å². The number of hydrogen-bond acceptors (Lipinski definition) is 5. The molecule has 33 heavy (non-hydrogen) atoms. The third kappa shape index (κ3) is 5.38. The van der Waals surface area contributed by atoms with E-state index in [4.69, 9.17) is 4.74 Å². The molecule has 0 radical (unpaired) electrons. The van der Waals surface area contributed by atoms with Crippen LogP contribution in [-0.2, 0) is 14.4 Å². The SMILES string of the molecule is Cc1ccc(OCC(=O)N2CC3(CCC3)CC2C(=O)N[C@H](C#N)C[C@@H]2CCCCC2=O)cc1. The predicted molar refractivity (Wildman–Crippen MR) is 122 cm³/mol. The molecular weight excluding hydrogens is 418 g/mol. The van der Waals surface area contributed by atoms with Gasteiger partial charge in [0.1, 0.15) is 23.6 Å². The van der Waals surface area contributed by atoms with Crippen molar-refractivity contribution in [3.05, 3.63) is 29.8 Å². The number of nitrogens with one attached hydrogen (secondary N) is 1. The Morgan fingerprint density at radius 1 is 1.24 bits per heavy atom. The highest BCUT2D eigenvalue weighted by atomic mass is 16.5. The first-order valence-corrected chi connectivity index (χ1v) is 12.1. The van der Waals surface area contributed by atoms with Gasteiger partial charge in [-0.2, -0.15) is 5.26 Å². The Kier molecular flexibility index (Phi) is 7.02. The third-order valence-corrected chi connectivity index (χ3v) is 7.60. The molecule has 1 spiro atoms. The molecule has 2 aliphatic carbocycles. The lowest BCUT2D eigenvalue weighted by molar-refractivity contribution is -0.140. The molecule has 7 nitrogen and oxygen atoms in total. The number of hydrogen-bond donors (Lipinski definition) is 1. The zero-order valence-corrected chi connectivity index (χ0v) is 19.3. The van der Waals surface area contributed by atoms with E-state index >= 15 is 0 Å². The number of carbonyl (C=O) groups excluding carboxylic acids is 3. The van der Waals surface area contributed by atoms with Crippen LogP contribution < -0.4 is 10.1 Å². The number of likely N-dealkylation sites (tertiary alicyclic amines) is 1. The first-order valence-electron chi connectivity index (χ1n) is 12.1. The van der Waals surface area contributed by atoms with Crippen LogP contribution in [0.2, 0.25) is 0 Å². The molecule has 1 aromatic carbocycles. The molecule has 3 atom stereocenters. The summed E-state index contributed by atoms with van der Waals surface area (Å²) in [5.74, 6) is 0.142. The molecule has 0 aromatic heterocycles. The lowest BCUT2D eigenvalue weighted by atomic mass is 9.67. The quantitative estimate of drug-likeness (QED) is 0.686. The Hall–Kier alpha value is -2.88. The van der Waals surface area contributed by atoms with Gasteiger partial charge in [0.25, 0.3) is 5.91 Å². The topological polar surface area (TPSA) is 99.5 Å². The number of nitriles is 1. The smallest absolute Gasteiger partial charge is 0.261 e. The van der Waals surface area contributed by atoms with E-state index in [2.05, 4.69) is 11.4 Å². The lowest BCUT2D eigenvalue weighted by Crippen LogP contribution is -2.50. The lowest BCUT2D eigenvalue weighted by Gasteiger charge is -2.37.